The minimum Gasteiger partial charge on any atom is -0.392 e. The minimum atomic E-state index is -0.419. The van der Waals surface area contributed by atoms with Crippen LogP contribution in [-0.4, -0.2) is 34.7 Å². The maximum Gasteiger partial charge on any atom is 0.237 e. The number of aromatic nitrogens is 1. The predicted molar refractivity (Wildman–Crippen MR) is 101 cm³/mol. The summed E-state index contributed by atoms with van der Waals surface area (Å²) in [5, 5.41) is 15.8. The lowest BCUT2D eigenvalue weighted by molar-refractivity contribution is -0.124. The van der Waals surface area contributed by atoms with Crippen LogP contribution in [0, 0.1) is 6.92 Å². The second-order valence-corrected chi connectivity index (χ2v) is 7.62. The number of hydrogen-bond donors (Lipinski definition) is 3. The highest BCUT2D eigenvalue weighted by Crippen LogP contribution is 2.46. The summed E-state index contributed by atoms with van der Waals surface area (Å²) in [5.41, 5.74) is 5.01. The Hall–Kier alpha value is -1.47. The number of aliphatic hydroxyl groups is 1. The summed E-state index contributed by atoms with van der Waals surface area (Å²) in [4.78, 5) is 17.9. The Balaban J connectivity index is 0.00000182. The van der Waals surface area contributed by atoms with E-state index in [4.69, 9.17) is 0 Å². The highest BCUT2D eigenvalue weighted by Gasteiger charge is 2.47. The van der Waals surface area contributed by atoms with Gasteiger partial charge in [0.25, 0.3) is 0 Å². The number of β-amino-alcohol motifs (C(OH)–C–C–N with tert-alkyl or cyclic N) is 1. The number of benzene rings is 1. The molecule has 1 saturated carbocycles. The van der Waals surface area contributed by atoms with Gasteiger partial charge in [-0.05, 0) is 37.3 Å². The Morgan fingerprint density at radius 3 is 2.60 bits per heavy atom. The Labute approximate surface area is 157 Å². The van der Waals surface area contributed by atoms with Gasteiger partial charge < -0.3 is 15.7 Å². The van der Waals surface area contributed by atoms with Gasteiger partial charge in [-0.25, -0.2) is 4.98 Å². The molecule has 0 spiro atoms. The van der Waals surface area contributed by atoms with Gasteiger partial charge in [0, 0.05) is 6.54 Å². The van der Waals surface area contributed by atoms with Crippen LogP contribution in [0.2, 0.25) is 0 Å². The fourth-order valence-electron chi connectivity index (χ4n) is 3.37. The average Bonchev–Trinajstić information content (AvgIpc) is 3.01. The van der Waals surface area contributed by atoms with Crippen LogP contribution in [0.4, 0.5) is 0 Å². The van der Waals surface area contributed by atoms with E-state index in [1.54, 1.807) is 11.3 Å². The molecule has 1 saturated heterocycles. The van der Waals surface area contributed by atoms with Gasteiger partial charge in [-0.2, -0.15) is 0 Å². The number of thiazole rings is 1. The van der Waals surface area contributed by atoms with Crippen LogP contribution >= 0.6 is 23.7 Å². The topological polar surface area (TPSA) is 74.2 Å². The number of amides is 1. The Bertz CT molecular complexity index is 758. The molecule has 134 valence electrons. The maximum atomic E-state index is 12.4. The van der Waals surface area contributed by atoms with Crippen molar-refractivity contribution < 1.29 is 9.90 Å². The van der Waals surface area contributed by atoms with Crippen molar-refractivity contribution in [1.82, 2.24) is 15.6 Å². The third kappa shape index (κ3) is 3.58. The van der Waals surface area contributed by atoms with Gasteiger partial charge in [-0.1, -0.05) is 24.3 Å². The van der Waals surface area contributed by atoms with Crippen molar-refractivity contribution in [3.05, 3.63) is 41.0 Å². The maximum absolute atomic E-state index is 12.4. The second-order valence-electron chi connectivity index (χ2n) is 6.77. The molecule has 0 bridgehead atoms. The van der Waals surface area contributed by atoms with Gasteiger partial charge >= 0.3 is 0 Å². The van der Waals surface area contributed by atoms with Crippen molar-refractivity contribution in [2.45, 2.75) is 43.9 Å². The van der Waals surface area contributed by atoms with Crippen molar-refractivity contribution in [1.29, 1.82) is 0 Å². The molecule has 1 aliphatic heterocycles. The minimum absolute atomic E-state index is 0. The first-order chi connectivity index (χ1) is 11.6. The van der Waals surface area contributed by atoms with Crippen molar-refractivity contribution in [3.8, 4) is 10.4 Å². The molecule has 1 aliphatic carbocycles. The van der Waals surface area contributed by atoms with E-state index in [-0.39, 0.29) is 29.9 Å². The molecule has 0 unspecified atom stereocenters. The molecule has 0 radical (unpaired) electrons. The SMILES string of the molecule is Cc1ncsc1-c1ccc(C2(NC(=O)[C@@H]3C[C@@H](O)CN3)CC2)cc1.Cl. The average molecular weight is 380 g/mol. The zero-order valence-corrected chi connectivity index (χ0v) is 15.6. The summed E-state index contributed by atoms with van der Waals surface area (Å²) in [6.07, 6.45) is 2.00. The number of halogens is 1. The van der Waals surface area contributed by atoms with Crippen LogP contribution < -0.4 is 10.6 Å². The molecule has 2 atom stereocenters. The first-order valence-corrected chi connectivity index (χ1v) is 9.20. The lowest BCUT2D eigenvalue weighted by atomic mass is 10.0. The molecule has 7 heteroatoms. The summed E-state index contributed by atoms with van der Waals surface area (Å²) in [6, 6.07) is 8.16. The van der Waals surface area contributed by atoms with Crippen molar-refractivity contribution in [3.63, 3.8) is 0 Å². The zero-order chi connectivity index (χ0) is 16.7. The number of nitrogens with one attached hydrogen (secondary N) is 2. The normalized spacial score (nSPS) is 23.8. The highest BCUT2D eigenvalue weighted by atomic mass is 35.5. The molecule has 25 heavy (non-hydrogen) atoms. The first-order valence-electron chi connectivity index (χ1n) is 8.32. The molecule has 1 aromatic heterocycles. The van der Waals surface area contributed by atoms with Crippen LogP contribution in [0.15, 0.2) is 29.8 Å². The molecule has 2 heterocycles. The largest absolute Gasteiger partial charge is 0.392 e. The van der Waals surface area contributed by atoms with E-state index >= 15 is 0 Å². The van der Waals surface area contributed by atoms with E-state index in [1.807, 2.05) is 12.4 Å². The van der Waals surface area contributed by atoms with E-state index in [1.165, 1.54) is 10.4 Å². The van der Waals surface area contributed by atoms with Crippen LogP contribution in [0.5, 0.6) is 0 Å². The smallest absolute Gasteiger partial charge is 0.237 e. The quantitative estimate of drug-likeness (QED) is 0.762. The Morgan fingerprint density at radius 2 is 2.08 bits per heavy atom. The summed E-state index contributed by atoms with van der Waals surface area (Å²) >= 11 is 1.65. The van der Waals surface area contributed by atoms with Gasteiger partial charge in [0.2, 0.25) is 5.91 Å². The number of carbonyl (C=O) groups is 1. The van der Waals surface area contributed by atoms with E-state index in [0.29, 0.717) is 13.0 Å². The molecule has 4 rings (SSSR count). The van der Waals surface area contributed by atoms with Gasteiger partial charge in [-0.15, -0.1) is 23.7 Å². The second kappa shape index (κ2) is 7.03. The van der Waals surface area contributed by atoms with Gasteiger partial charge in [0.05, 0.1) is 33.8 Å². The van der Waals surface area contributed by atoms with Crippen LogP contribution in [0.1, 0.15) is 30.5 Å². The standard InChI is InChI=1S/C18H21N3O2S.ClH/c1-11-16(24-10-20-11)12-2-4-13(5-3-12)18(6-7-18)21-17(23)15-8-14(22)9-19-15;/h2-5,10,14-15,19,22H,6-9H2,1H3,(H,21,23);1H/t14-,15+;/m1./s1. The molecular weight excluding hydrogens is 358 g/mol. The third-order valence-electron chi connectivity index (χ3n) is 4.98. The third-order valence-corrected chi connectivity index (χ3v) is 5.96. The van der Waals surface area contributed by atoms with Gasteiger partial charge in [0.15, 0.2) is 0 Å². The number of hydrogen-bond acceptors (Lipinski definition) is 5. The molecular formula is C18H22ClN3O2S. The van der Waals surface area contributed by atoms with Gasteiger partial charge in [-0.3, -0.25) is 4.79 Å². The molecule has 2 aromatic rings. The summed E-state index contributed by atoms with van der Waals surface area (Å²) in [5.74, 6) is -0.00794. The molecule has 1 amide bonds. The monoisotopic (exact) mass is 379 g/mol. The van der Waals surface area contributed by atoms with Gasteiger partial charge in [0.1, 0.15) is 0 Å². The molecule has 2 aliphatic rings. The number of aryl methyl sites for hydroxylation is 1. The fourth-order valence-corrected chi connectivity index (χ4v) is 4.18. The predicted octanol–water partition coefficient (Wildman–Crippen LogP) is 2.37. The summed E-state index contributed by atoms with van der Waals surface area (Å²) in [7, 11) is 0. The van der Waals surface area contributed by atoms with Crippen LogP contribution in [0.25, 0.3) is 10.4 Å². The Morgan fingerprint density at radius 1 is 1.36 bits per heavy atom. The highest BCUT2D eigenvalue weighted by molar-refractivity contribution is 7.13. The molecule has 2 fully saturated rings. The number of nitrogens with zero attached hydrogens (tertiary/aromatic N) is 1. The first kappa shape index (κ1) is 18.3. The van der Waals surface area contributed by atoms with Crippen LogP contribution in [0.3, 0.4) is 0 Å². The lowest BCUT2D eigenvalue weighted by Gasteiger charge is -2.21. The van der Waals surface area contributed by atoms with Crippen molar-refractivity contribution in [2.24, 2.45) is 0 Å². The summed E-state index contributed by atoms with van der Waals surface area (Å²) in [6.45, 7) is 2.51. The lowest BCUT2D eigenvalue weighted by Crippen LogP contribution is -2.45. The van der Waals surface area contributed by atoms with E-state index < -0.39 is 6.10 Å². The molecule has 5 nitrogen and oxygen atoms in total. The van der Waals surface area contributed by atoms with Crippen molar-refractivity contribution in [2.75, 3.05) is 6.54 Å². The molecule has 3 N–H and O–H groups in total. The Kier molecular flexibility index (Phi) is 5.16. The zero-order valence-electron chi connectivity index (χ0n) is 14.0. The number of carbonyl (C=O) groups excluding carboxylic acids is 1. The number of rotatable bonds is 4. The summed E-state index contributed by atoms with van der Waals surface area (Å²) < 4.78 is 0. The van der Waals surface area contributed by atoms with E-state index in [9.17, 15) is 9.90 Å². The molecule has 1 aromatic carbocycles. The number of aliphatic hydroxyl groups excluding tert-OH is 1. The van der Waals surface area contributed by atoms with E-state index in [2.05, 4.69) is 39.9 Å². The fraction of sp³-hybridized carbons (Fsp3) is 0.444. The van der Waals surface area contributed by atoms with E-state index in [0.717, 1.165) is 24.1 Å². The van der Waals surface area contributed by atoms with Crippen molar-refractivity contribution >= 4 is 29.7 Å². The van der Waals surface area contributed by atoms with Crippen LogP contribution in [-0.2, 0) is 10.3 Å².